The fourth-order valence-corrected chi connectivity index (χ4v) is 20.9. The second kappa shape index (κ2) is 78.9. The predicted octanol–water partition coefficient (Wildman–Crippen LogP) is 32.1. The molecule has 0 spiro atoms. The Labute approximate surface area is 886 Å². The van der Waals surface area contributed by atoms with Gasteiger partial charge in [0.05, 0.1) is 38.3 Å². The van der Waals surface area contributed by atoms with Crippen LogP contribution in [-0.2, 0) is 85.8 Å². The maximum atomic E-state index is 13.8. The van der Waals surface area contributed by atoms with E-state index in [9.17, 15) is 47.7 Å². The first-order valence-corrected chi connectivity index (χ1v) is 60.7. The molecule has 0 radical (unpaired) electrons. The van der Waals surface area contributed by atoms with Crippen molar-refractivity contribution >= 4 is 90.0 Å². The number of benzene rings is 4. The minimum atomic E-state index is -4.76. The number of allylic oxidation sites excluding steroid dienone is 16. The topological polar surface area (TPSA) is 281 Å². The molecule has 0 saturated heterocycles. The minimum Gasteiger partial charge on any atom is -0.462 e. The van der Waals surface area contributed by atoms with Gasteiger partial charge in [-0.2, -0.15) is 4.58 Å². The summed E-state index contributed by atoms with van der Waals surface area (Å²) in [6.45, 7) is 15.6. The highest BCUT2D eigenvalue weighted by Crippen LogP contribution is 2.52. The quantitative estimate of drug-likeness (QED) is 0.00608. The monoisotopic (exact) mass is 2080 g/mol. The number of hydrogen-bond donors (Lipinski definition) is 4. The molecule has 147 heavy (non-hydrogen) atoms. The van der Waals surface area contributed by atoms with Gasteiger partial charge in [0.25, 0.3) is 0 Å². The van der Waals surface area contributed by atoms with Gasteiger partial charge in [-0.25, -0.2) is 9.13 Å². The second-order valence-electron chi connectivity index (χ2n) is 41.3. The van der Waals surface area contributed by atoms with Gasteiger partial charge in [0.1, 0.15) is 13.2 Å². The fourth-order valence-electron chi connectivity index (χ4n) is 19.4. The number of fused-ring (bicyclic) bond motifs is 6. The van der Waals surface area contributed by atoms with E-state index in [1.807, 2.05) is 54.6 Å². The number of amides is 2. The first-order chi connectivity index (χ1) is 71.4. The van der Waals surface area contributed by atoms with Gasteiger partial charge in [-0.15, -0.1) is 0 Å². The van der Waals surface area contributed by atoms with Gasteiger partial charge >= 0.3 is 39.5 Å². The summed E-state index contributed by atoms with van der Waals surface area (Å²) >= 11 is 0. The number of phosphoric acid groups is 2. The summed E-state index contributed by atoms with van der Waals surface area (Å²) in [4.78, 5) is 104. The zero-order chi connectivity index (χ0) is 106. The van der Waals surface area contributed by atoms with Crippen LogP contribution in [0.3, 0.4) is 0 Å². The van der Waals surface area contributed by atoms with E-state index in [2.05, 4.69) is 185 Å². The van der Waals surface area contributed by atoms with Gasteiger partial charge in [0.15, 0.2) is 24.5 Å². The molecule has 2 aliphatic rings. The Hall–Kier alpha value is -8.17. The Kier molecular flexibility index (Phi) is 68.4. The van der Waals surface area contributed by atoms with Crippen molar-refractivity contribution in [3.8, 4) is 0 Å². The Morgan fingerprint density at radius 1 is 0.361 bits per heavy atom. The molecule has 0 aliphatic carbocycles. The lowest BCUT2D eigenvalue weighted by molar-refractivity contribution is -0.436. The van der Waals surface area contributed by atoms with Crippen LogP contribution in [-0.4, -0.2) is 134 Å². The predicted molar refractivity (Wildman–Crippen MR) is 605 cm³/mol. The van der Waals surface area contributed by atoms with Crippen molar-refractivity contribution < 1.29 is 89.3 Å². The van der Waals surface area contributed by atoms with Gasteiger partial charge in [0.2, 0.25) is 17.5 Å². The number of nitrogens with zero attached hydrogens (tertiary/aromatic N) is 2. The molecule has 822 valence electrons. The van der Waals surface area contributed by atoms with E-state index in [1.165, 1.54) is 154 Å². The normalized spacial score (nSPS) is 15.1. The molecule has 4 atom stereocenters. The summed E-state index contributed by atoms with van der Waals surface area (Å²) in [5.41, 5.74) is 5.16. The molecular weight excluding hydrogens is 1880 g/mol. The van der Waals surface area contributed by atoms with E-state index < -0.39 is 75.8 Å². The van der Waals surface area contributed by atoms with E-state index in [0.29, 0.717) is 38.8 Å². The summed E-state index contributed by atoms with van der Waals surface area (Å²) in [5.74, 6) is -2.55. The largest absolute Gasteiger partial charge is 0.472 e. The Bertz CT molecular complexity index is 4750. The third-order valence-electron chi connectivity index (χ3n) is 27.8. The minimum absolute atomic E-state index is 0.0717. The van der Waals surface area contributed by atoms with Crippen molar-refractivity contribution in [3.63, 3.8) is 0 Å². The molecule has 0 bridgehead atoms. The lowest BCUT2D eigenvalue weighted by Crippen LogP contribution is -2.33. The summed E-state index contributed by atoms with van der Waals surface area (Å²) < 4.78 is 73.2. The average molecular weight is 2080 g/mol. The Morgan fingerprint density at radius 3 is 1.09 bits per heavy atom. The third-order valence-corrected chi connectivity index (χ3v) is 29.8. The SMILES string of the molecule is CCCCCCCCC=CCCCCCCCC(=O)OCC(COP(=O)(O)OCCNC(=O)CCN1/C(=C/C=C/C=C/C=C/C2=[N+](CCC(=O)NCCOP(=O)(O)OCC(COC(=O)CCCCCCCC=CCCCCCCCC)OC(=O)CCCCCCC/C=C\CCCCCCCC)c3ccc4ccccc4c3C2(C)C)C(C)(C)c2c1ccc1ccccc21)OC(=O)CCCCCCC/C=C\CCCCCCCC. The van der Waals surface area contributed by atoms with Crippen LogP contribution in [0.15, 0.2) is 170 Å². The number of phosphoric ester groups is 2. The Morgan fingerprint density at radius 2 is 0.694 bits per heavy atom. The molecule has 4 N–H and O–H groups in total. The zero-order valence-corrected chi connectivity index (χ0v) is 93.8. The second-order valence-corrected chi connectivity index (χ2v) is 44.2. The average Bonchev–Trinajstić information content (AvgIpc) is 1.58. The number of unbranched alkanes of at least 4 members (excludes halogenated alkanes) is 44. The van der Waals surface area contributed by atoms with Crippen molar-refractivity contribution in [2.45, 2.75) is 451 Å². The number of carbonyl (C=O) groups excluding carboxylic acids is 6. The summed E-state index contributed by atoms with van der Waals surface area (Å²) in [5, 5.41) is 10.1. The number of nitrogens with one attached hydrogen (secondary N) is 2. The number of carbonyl (C=O) groups is 6. The van der Waals surface area contributed by atoms with Crippen LogP contribution in [0.4, 0.5) is 11.4 Å². The number of ether oxygens (including phenoxy) is 4. The number of hydrogen-bond acceptors (Lipinski definition) is 17. The molecule has 4 unspecified atom stereocenters. The fraction of sp³-hybridized carbons (Fsp3) is 0.650. The van der Waals surface area contributed by atoms with Gasteiger partial charge in [-0.3, -0.25) is 46.9 Å². The van der Waals surface area contributed by atoms with Crippen molar-refractivity contribution in [2.24, 2.45) is 0 Å². The molecule has 0 aromatic heterocycles. The van der Waals surface area contributed by atoms with Crippen molar-refractivity contribution in [1.82, 2.24) is 10.6 Å². The number of rotatable bonds is 90. The number of anilines is 1. The molecule has 0 fully saturated rings. The van der Waals surface area contributed by atoms with Crippen LogP contribution in [0.1, 0.15) is 439 Å². The van der Waals surface area contributed by atoms with Crippen molar-refractivity contribution in [3.05, 3.63) is 181 Å². The van der Waals surface area contributed by atoms with E-state index in [1.54, 1.807) is 0 Å². The Balaban J connectivity index is 1.01. The van der Waals surface area contributed by atoms with Crippen molar-refractivity contribution in [1.29, 1.82) is 0 Å². The van der Waals surface area contributed by atoms with E-state index >= 15 is 0 Å². The van der Waals surface area contributed by atoms with E-state index in [-0.39, 0.29) is 89.9 Å². The standard InChI is InChI=1S/C123H192N4O18P2/c1-9-13-17-21-25-29-33-37-41-45-49-53-57-64-70-84-116(130)138-100-106(144-118(132)86-72-66-59-55-51-47-43-39-35-31-27-23-19-15-11-3)102-142-146(134,135)140-98-94-124-114(128)92-96-126-110-90-88-104-78-74-76-80-108(104)120(110)122(5,6)112(126)82-68-62-61-63-69-83-113-123(7,8)121-109-81-77-75-79-105(109)89-91-111(121)127(113)97-93-115(129)125-95-99-141-147(136,137)143-103-107(145-119(133)87-73-67-60-56-52-48-44-40-36-32-28-24-20-16-12-4)101-139-117(131)85-71-65-58-54-50-46-42-38-34-30-26-22-18-14-10-2/h37-44,61-63,68-69,74-83,88-91,106-107H,9-36,45-60,64-67,70-73,84-87,92-103H2,1-8H3,(H3-,124,125,128,129,134,135,136,137)/p+1/b41-37?,42-38?,43-39-,44-40-. The lowest BCUT2D eigenvalue weighted by Gasteiger charge is -2.27. The summed E-state index contributed by atoms with van der Waals surface area (Å²) in [7, 11) is -9.53. The van der Waals surface area contributed by atoms with E-state index in [4.69, 9.17) is 37.0 Å². The zero-order valence-electron chi connectivity index (χ0n) is 92.0. The molecule has 24 heteroatoms. The van der Waals surface area contributed by atoms with Crippen LogP contribution >= 0.6 is 15.6 Å². The molecule has 2 amide bonds. The smallest absolute Gasteiger partial charge is 0.462 e. The lowest BCUT2D eigenvalue weighted by atomic mass is 9.79. The van der Waals surface area contributed by atoms with Crippen LogP contribution in [0.2, 0.25) is 0 Å². The van der Waals surface area contributed by atoms with Gasteiger partial charge in [0, 0.05) is 86.2 Å². The van der Waals surface area contributed by atoms with Crippen LogP contribution in [0, 0.1) is 0 Å². The number of esters is 4. The highest BCUT2D eigenvalue weighted by molar-refractivity contribution is 7.47. The van der Waals surface area contributed by atoms with Gasteiger partial charge in [-0.1, -0.05) is 381 Å². The first-order valence-electron chi connectivity index (χ1n) is 57.7. The molecule has 4 aromatic carbocycles. The van der Waals surface area contributed by atoms with Gasteiger partial charge < -0.3 is 44.3 Å². The summed E-state index contributed by atoms with van der Waals surface area (Å²) in [6, 6.07) is 24.9. The summed E-state index contributed by atoms with van der Waals surface area (Å²) in [6.07, 6.45) is 89.4. The maximum absolute atomic E-state index is 13.8. The van der Waals surface area contributed by atoms with Gasteiger partial charge in [-0.05, 0) is 188 Å². The van der Waals surface area contributed by atoms with Crippen LogP contribution < -0.4 is 15.5 Å². The molecule has 6 rings (SSSR count). The van der Waals surface area contributed by atoms with E-state index in [0.717, 1.165) is 210 Å². The molecule has 4 aromatic rings. The van der Waals surface area contributed by atoms with Crippen LogP contribution in [0.5, 0.6) is 0 Å². The maximum Gasteiger partial charge on any atom is 0.472 e. The first kappa shape index (κ1) is 127. The molecule has 2 aliphatic heterocycles. The molecule has 0 saturated carbocycles. The molecular formula is C123H193N4O18P2+. The van der Waals surface area contributed by atoms with Crippen molar-refractivity contribution in [2.75, 3.05) is 70.7 Å². The molecule has 22 nitrogen and oxygen atoms in total. The van der Waals surface area contributed by atoms with Crippen LogP contribution in [0.25, 0.3) is 21.5 Å². The molecule has 2 heterocycles. The highest BCUT2D eigenvalue weighted by Gasteiger charge is 2.46. The third kappa shape index (κ3) is 55.6. The highest BCUT2D eigenvalue weighted by atomic mass is 31.2.